The van der Waals surface area contributed by atoms with Gasteiger partial charge in [-0.25, -0.2) is 4.79 Å². The molecule has 0 saturated carbocycles. The fourth-order valence-electron chi connectivity index (χ4n) is 6.12. The third kappa shape index (κ3) is 5.84. The van der Waals surface area contributed by atoms with Gasteiger partial charge in [-0.2, -0.15) is 0 Å². The summed E-state index contributed by atoms with van der Waals surface area (Å²) >= 11 is 0. The Balaban J connectivity index is 1.36. The number of aliphatic hydroxyl groups excluding tert-OH is 2. The molecule has 4 aliphatic rings. The second kappa shape index (κ2) is 11.8. The second-order valence-corrected chi connectivity index (χ2v) is 10.5. The molecule has 15 nitrogen and oxygen atoms in total. The highest BCUT2D eigenvalue weighted by atomic mass is 16.4. The van der Waals surface area contributed by atoms with Crippen molar-refractivity contribution in [3.8, 4) is 0 Å². The number of aliphatic carboxylic acids is 1. The Hall–Kier alpha value is -3.30. The summed E-state index contributed by atoms with van der Waals surface area (Å²) in [7, 11) is 0. The van der Waals surface area contributed by atoms with Crippen LogP contribution in [0, 0.1) is 0 Å². The van der Waals surface area contributed by atoms with Crippen LogP contribution in [0.15, 0.2) is 0 Å². The summed E-state index contributed by atoms with van der Waals surface area (Å²) in [5, 5.41) is 32.0. The molecule has 4 rings (SSSR count). The van der Waals surface area contributed by atoms with Crippen molar-refractivity contribution in [1.29, 1.82) is 0 Å². The van der Waals surface area contributed by atoms with Gasteiger partial charge in [0.25, 0.3) is 0 Å². The Labute approximate surface area is 224 Å². The second-order valence-electron chi connectivity index (χ2n) is 10.5. The number of nitrogens with two attached hydrogens (primary N) is 1. The van der Waals surface area contributed by atoms with Crippen LogP contribution in [0.5, 0.6) is 0 Å². The first-order valence-corrected chi connectivity index (χ1v) is 13.3. The summed E-state index contributed by atoms with van der Waals surface area (Å²) in [5.41, 5.74) is 5.46. The number of carbonyl (C=O) groups is 6. The molecule has 0 bridgehead atoms. The molecule has 4 heterocycles. The van der Waals surface area contributed by atoms with Gasteiger partial charge in [0.1, 0.15) is 24.2 Å². The van der Waals surface area contributed by atoms with Gasteiger partial charge in [0.15, 0.2) is 0 Å². The number of rotatable bonds is 7. The van der Waals surface area contributed by atoms with E-state index in [9.17, 15) is 44.1 Å². The highest BCUT2D eigenvalue weighted by molar-refractivity contribution is 5.96. The zero-order valence-corrected chi connectivity index (χ0v) is 21.6. The normalized spacial score (nSPS) is 30.6. The number of amides is 5. The number of hydrogen-bond acceptors (Lipinski definition) is 9. The number of carbonyl (C=O) groups excluding carboxylic acids is 5. The number of hydrogen-bond donors (Lipinski definition) is 5. The van der Waals surface area contributed by atoms with Gasteiger partial charge < -0.3 is 46.0 Å². The zero-order chi connectivity index (χ0) is 28.4. The maximum Gasteiger partial charge on any atom is 0.326 e. The Morgan fingerprint density at radius 3 is 1.72 bits per heavy atom. The van der Waals surface area contributed by atoms with E-state index in [0.717, 1.165) is 4.90 Å². The predicted molar refractivity (Wildman–Crippen MR) is 131 cm³/mol. The van der Waals surface area contributed by atoms with Crippen molar-refractivity contribution < 1.29 is 44.1 Å². The van der Waals surface area contributed by atoms with Crippen molar-refractivity contribution >= 4 is 35.5 Å². The number of nitrogens with zero attached hydrogens (tertiary/aromatic N) is 4. The van der Waals surface area contributed by atoms with Crippen LogP contribution in [-0.4, -0.2) is 146 Å². The number of β-amino-alcohol motifs (C(OH)–C–C–N with tert-alkyl or cyclic N) is 2. The van der Waals surface area contributed by atoms with Crippen molar-refractivity contribution in [2.75, 3.05) is 39.3 Å². The summed E-state index contributed by atoms with van der Waals surface area (Å²) in [6, 6.07) is -3.87. The van der Waals surface area contributed by atoms with Gasteiger partial charge in [-0.05, 0) is 25.7 Å². The van der Waals surface area contributed by atoms with Crippen molar-refractivity contribution in [2.24, 2.45) is 5.73 Å². The monoisotopic (exact) mass is 552 g/mol. The van der Waals surface area contributed by atoms with Gasteiger partial charge in [-0.15, -0.1) is 0 Å². The van der Waals surface area contributed by atoms with Crippen molar-refractivity contribution in [2.45, 2.75) is 74.9 Å². The van der Waals surface area contributed by atoms with Gasteiger partial charge in [0.05, 0.1) is 25.3 Å². The quantitative estimate of drug-likeness (QED) is 0.207. The molecule has 5 amide bonds. The summed E-state index contributed by atoms with van der Waals surface area (Å²) < 4.78 is 0. The number of carboxylic acids is 1. The molecule has 0 aromatic carbocycles. The van der Waals surface area contributed by atoms with Crippen molar-refractivity contribution in [3.05, 3.63) is 0 Å². The van der Waals surface area contributed by atoms with E-state index in [-0.39, 0.29) is 44.9 Å². The fraction of sp³-hybridized carbons (Fsp3) is 0.750. The topological polar surface area (TPSA) is 214 Å². The van der Waals surface area contributed by atoms with E-state index in [4.69, 9.17) is 5.73 Å². The average molecular weight is 553 g/mol. The maximum absolute atomic E-state index is 13.3. The van der Waals surface area contributed by atoms with Crippen LogP contribution >= 0.6 is 0 Å². The van der Waals surface area contributed by atoms with E-state index >= 15 is 0 Å². The summed E-state index contributed by atoms with van der Waals surface area (Å²) in [4.78, 5) is 81.1. The van der Waals surface area contributed by atoms with E-state index in [2.05, 4.69) is 5.32 Å². The van der Waals surface area contributed by atoms with E-state index in [0.29, 0.717) is 32.2 Å². The highest BCUT2D eigenvalue weighted by Crippen LogP contribution is 2.27. The molecule has 216 valence electrons. The van der Waals surface area contributed by atoms with Crippen LogP contribution in [0.25, 0.3) is 0 Å². The van der Waals surface area contributed by atoms with Crippen LogP contribution in [0.4, 0.5) is 0 Å². The van der Waals surface area contributed by atoms with Crippen LogP contribution in [0.1, 0.15) is 38.5 Å². The number of nitrogens with one attached hydrogen (secondary N) is 1. The molecule has 0 spiro atoms. The standard InChI is InChI=1S/C24H36N6O9/c25-9-19(33)27-5-1-3-15(27)22(36)29-11-13(31)7-17(29)21(35)26-10-20(34)28-6-2-4-16(28)23(37)30-12-14(32)8-18(30)24(38)39/h13-18,31-32H,1-12,25H2,(H,26,35)(H,38,39)/t13-,14-,15+,16+,17+,18+/m1/s1. The lowest BCUT2D eigenvalue weighted by Crippen LogP contribution is -2.55. The molecule has 0 unspecified atom stereocenters. The van der Waals surface area contributed by atoms with Crippen LogP contribution in [0.3, 0.4) is 0 Å². The third-order valence-electron chi connectivity index (χ3n) is 8.02. The Morgan fingerprint density at radius 2 is 1.21 bits per heavy atom. The largest absolute Gasteiger partial charge is 0.480 e. The van der Waals surface area contributed by atoms with Gasteiger partial charge in [-0.3, -0.25) is 24.0 Å². The molecular formula is C24H36N6O9. The minimum absolute atomic E-state index is 0.0258. The molecular weight excluding hydrogens is 516 g/mol. The molecule has 39 heavy (non-hydrogen) atoms. The molecule has 6 N–H and O–H groups in total. The molecule has 4 aliphatic heterocycles. The van der Waals surface area contributed by atoms with Gasteiger partial charge in [0.2, 0.25) is 29.5 Å². The Morgan fingerprint density at radius 1 is 0.718 bits per heavy atom. The molecule has 6 atom stereocenters. The molecule has 4 saturated heterocycles. The first kappa shape index (κ1) is 28.7. The highest BCUT2D eigenvalue weighted by Gasteiger charge is 2.46. The number of likely N-dealkylation sites (tertiary alicyclic amines) is 4. The van der Waals surface area contributed by atoms with Crippen LogP contribution < -0.4 is 11.1 Å². The first-order chi connectivity index (χ1) is 18.5. The Kier molecular flexibility index (Phi) is 8.71. The number of aliphatic hydroxyl groups is 2. The molecule has 0 aromatic heterocycles. The van der Waals surface area contributed by atoms with E-state index in [1.165, 1.54) is 14.7 Å². The minimum atomic E-state index is -1.23. The molecule has 15 heteroatoms. The minimum Gasteiger partial charge on any atom is -0.480 e. The summed E-state index contributed by atoms with van der Waals surface area (Å²) in [6.45, 7) is -0.279. The van der Waals surface area contributed by atoms with Gasteiger partial charge in [0, 0.05) is 39.0 Å². The van der Waals surface area contributed by atoms with E-state index in [1.54, 1.807) is 0 Å². The summed E-state index contributed by atoms with van der Waals surface area (Å²) in [6.07, 6.45) is -0.138. The average Bonchev–Trinajstić information content (AvgIpc) is 3.71. The molecule has 0 radical (unpaired) electrons. The molecule has 4 fully saturated rings. The van der Waals surface area contributed by atoms with E-state index in [1.807, 2.05) is 0 Å². The molecule has 0 aromatic rings. The zero-order valence-electron chi connectivity index (χ0n) is 21.6. The van der Waals surface area contributed by atoms with Crippen LogP contribution in [0.2, 0.25) is 0 Å². The maximum atomic E-state index is 13.3. The predicted octanol–water partition coefficient (Wildman–Crippen LogP) is -3.95. The van der Waals surface area contributed by atoms with Crippen molar-refractivity contribution in [3.63, 3.8) is 0 Å². The van der Waals surface area contributed by atoms with E-state index < -0.39 is 72.5 Å². The Bertz CT molecular complexity index is 1020. The lowest BCUT2D eigenvalue weighted by atomic mass is 10.1. The smallest absolute Gasteiger partial charge is 0.326 e. The molecule has 0 aliphatic carbocycles. The number of carboxylic acid groups (broad SMARTS) is 1. The SMILES string of the molecule is NCC(=O)N1CCC[C@H]1C(=O)N1C[C@H](O)C[C@H]1C(=O)NCC(=O)N1CCC[C@H]1C(=O)N1C[C@H](O)C[C@H]1C(=O)O. The first-order valence-electron chi connectivity index (χ1n) is 13.3. The van der Waals surface area contributed by atoms with Crippen LogP contribution in [-0.2, 0) is 28.8 Å². The fourth-order valence-corrected chi connectivity index (χ4v) is 6.12. The lowest BCUT2D eigenvalue weighted by Gasteiger charge is -2.31. The van der Waals surface area contributed by atoms with Gasteiger partial charge >= 0.3 is 5.97 Å². The lowest BCUT2D eigenvalue weighted by molar-refractivity contribution is -0.151. The third-order valence-corrected chi connectivity index (χ3v) is 8.02. The van der Waals surface area contributed by atoms with Gasteiger partial charge in [-0.1, -0.05) is 0 Å². The summed E-state index contributed by atoms with van der Waals surface area (Å²) in [5.74, 6) is -3.79. The van der Waals surface area contributed by atoms with Crippen molar-refractivity contribution in [1.82, 2.24) is 24.9 Å².